The zero-order valence-corrected chi connectivity index (χ0v) is 11.9. The number of ether oxygens (including phenoxy) is 3. The van der Waals surface area contributed by atoms with Crippen LogP contribution in [0.1, 0.15) is 16.9 Å². The molecular weight excluding hydrogens is 278 g/mol. The fraction of sp³-hybridized carbons (Fsp3) is 0.538. The molecular formula is C13H17N3O5. The predicted molar refractivity (Wildman–Crippen MR) is 72.0 cm³/mol. The van der Waals surface area contributed by atoms with E-state index < -0.39 is 5.97 Å². The van der Waals surface area contributed by atoms with E-state index in [1.165, 1.54) is 14.2 Å². The molecule has 0 radical (unpaired) electrons. The lowest BCUT2D eigenvalue weighted by Gasteiger charge is -2.32. The molecule has 21 heavy (non-hydrogen) atoms. The molecule has 1 aliphatic heterocycles. The number of carbonyl (C=O) groups excluding carboxylic acids is 2. The van der Waals surface area contributed by atoms with Crippen molar-refractivity contribution >= 4 is 17.8 Å². The van der Waals surface area contributed by atoms with Gasteiger partial charge in [0.1, 0.15) is 0 Å². The summed E-state index contributed by atoms with van der Waals surface area (Å²) in [5.74, 6) is -0.214. The second-order valence-corrected chi connectivity index (χ2v) is 4.49. The monoisotopic (exact) mass is 295 g/mol. The van der Waals surface area contributed by atoms with Gasteiger partial charge >= 0.3 is 11.9 Å². The van der Waals surface area contributed by atoms with Crippen LogP contribution >= 0.6 is 0 Å². The topological polar surface area (TPSA) is 90.9 Å². The fourth-order valence-electron chi connectivity index (χ4n) is 2.03. The van der Waals surface area contributed by atoms with E-state index in [9.17, 15) is 9.59 Å². The normalized spacial score (nSPS) is 18.2. The predicted octanol–water partition coefficient (Wildman–Crippen LogP) is 0.0315. The van der Waals surface area contributed by atoms with Gasteiger partial charge in [0.05, 0.1) is 33.4 Å². The van der Waals surface area contributed by atoms with E-state index in [1.54, 1.807) is 12.1 Å². The highest BCUT2D eigenvalue weighted by Crippen LogP contribution is 2.16. The third kappa shape index (κ3) is 3.88. The Kier molecular flexibility index (Phi) is 5.04. The summed E-state index contributed by atoms with van der Waals surface area (Å²) in [7, 11) is 2.64. The Balaban J connectivity index is 2.00. The van der Waals surface area contributed by atoms with Crippen LogP contribution in [0.3, 0.4) is 0 Å². The molecule has 0 aliphatic carbocycles. The van der Waals surface area contributed by atoms with Crippen molar-refractivity contribution in [1.29, 1.82) is 0 Å². The molecule has 1 saturated heterocycles. The Morgan fingerprint density at radius 3 is 2.76 bits per heavy atom. The summed E-state index contributed by atoms with van der Waals surface area (Å²) in [6.45, 7) is 1.65. The first kappa shape index (κ1) is 15.2. The number of anilines is 1. The van der Waals surface area contributed by atoms with E-state index in [0.29, 0.717) is 25.5 Å². The number of carbonyl (C=O) groups is 2. The molecule has 0 saturated carbocycles. The van der Waals surface area contributed by atoms with Gasteiger partial charge in [0.2, 0.25) is 0 Å². The van der Waals surface area contributed by atoms with Crippen LogP contribution in [-0.4, -0.2) is 62.2 Å². The minimum atomic E-state index is -0.528. The van der Waals surface area contributed by atoms with Crippen LogP contribution in [0.2, 0.25) is 0 Å². The minimum Gasteiger partial charge on any atom is -0.469 e. The Morgan fingerprint density at radius 1 is 1.33 bits per heavy atom. The summed E-state index contributed by atoms with van der Waals surface area (Å²) in [5.41, 5.74) is 0.153. The number of nitrogens with zero attached hydrogens (tertiary/aromatic N) is 3. The number of morpholine rings is 1. The summed E-state index contributed by atoms with van der Waals surface area (Å²) in [4.78, 5) is 24.5. The van der Waals surface area contributed by atoms with E-state index in [4.69, 9.17) is 4.74 Å². The highest BCUT2D eigenvalue weighted by Gasteiger charge is 2.24. The third-order valence-corrected chi connectivity index (χ3v) is 3.13. The van der Waals surface area contributed by atoms with Crippen LogP contribution in [0, 0.1) is 0 Å². The number of hydrogen-bond donors (Lipinski definition) is 0. The zero-order chi connectivity index (χ0) is 15.2. The molecule has 2 heterocycles. The van der Waals surface area contributed by atoms with Gasteiger partial charge in [-0.15, -0.1) is 10.2 Å². The molecule has 0 N–H and O–H groups in total. The average molecular weight is 295 g/mol. The van der Waals surface area contributed by atoms with Gasteiger partial charge in [0.15, 0.2) is 11.5 Å². The van der Waals surface area contributed by atoms with Gasteiger partial charge in [-0.3, -0.25) is 4.79 Å². The van der Waals surface area contributed by atoms with Crippen molar-refractivity contribution in [3.05, 3.63) is 17.8 Å². The van der Waals surface area contributed by atoms with Gasteiger partial charge in [-0.1, -0.05) is 0 Å². The second kappa shape index (κ2) is 6.98. The van der Waals surface area contributed by atoms with Gasteiger partial charge in [0, 0.05) is 13.1 Å². The molecule has 1 aromatic heterocycles. The molecule has 0 spiro atoms. The minimum absolute atomic E-state index is 0.153. The first-order valence-corrected chi connectivity index (χ1v) is 6.49. The Morgan fingerprint density at radius 2 is 2.14 bits per heavy atom. The Labute approximate surface area is 122 Å². The molecule has 1 aromatic rings. The first-order chi connectivity index (χ1) is 10.1. The number of hydrogen-bond acceptors (Lipinski definition) is 8. The summed E-state index contributed by atoms with van der Waals surface area (Å²) in [5, 5.41) is 7.84. The second-order valence-electron chi connectivity index (χ2n) is 4.49. The quantitative estimate of drug-likeness (QED) is 0.719. The van der Waals surface area contributed by atoms with E-state index in [0.717, 1.165) is 0 Å². The molecule has 114 valence electrons. The maximum Gasteiger partial charge on any atom is 0.358 e. The van der Waals surface area contributed by atoms with E-state index in [2.05, 4.69) is 19.7 Å². The summed E-state index contributed by atoms with van der Waals surface area (Å²) >= 11 is 0. The molecule has 2 rings (SSSR count). The van der Waals surface area contributed by atoms with Crippen LogP contribution in [0.4, 0.5) is 5.82 Å². The Hall–Kier alpha value is -2.22. The van der Waals surface area contributed by atoms with Crippen LogP contribution < -0.4 is 4.90 Å². The summed E-state index contributed by atoms with van der Waals surface area (Å²) < 4.78 is 14.7. The van der Waals surface area contributed by atoms with E-state index in [1.807, 2.05) is 4.90 Å². The molecule has 1 atom stereocenters. The maximum atomic E-state index is 11.3. The van der Waals surface area contributed by atoms with Crippen molar-refractivity contribution in [2.45, 2.75) is 12.5 Å². The van der Waals surface area contributed by atoms with Crippen LogP contribution in [0.5, 0.6) is 0 Å². The first-order valence-electron chi connectivity index (χ1n) is 6.49. The molecule has 1 aliphatic rings. The molecule has 0 aromatic carbocycles. The van der Waals surface area contributed by atoms with Crippen molar-refractivity contribution in [3.8, 4) is 0 Å². The van der Waals surface area contributed by atoms with Crippen LogP contribution in [0.15, 0.2) is 12.1 Å². The van der Waals surface area contributed by atoms with Crippen molar-refractivity contribution < 1.29 is 23.8 Å². The van der Waals surface area contributed by atoms with Crippen LogP contribution in [-0.2, 0) is 19.0 Å². The maximum absolute atomic E-state index is 11.3. The number of aromatic nitrogens is 2. The van der Waals surface area contributed by atoms with Gasteiger partial charge in [0.25, 0.3) is 0 Å². The van der Waals surface area contributed by atoms with Crippen molar-refractivity contribution in [2.75, 3.05) is 38.8 Å². The highest BCUT2D eigenvalue weighted by molar-refractivity contribution is 5.86. The standard InChI is InChI=1S/C13H17N3O5/c1-19-12(17)7-9-8-16(5-6-21-9)11-4-3-10(14-15-11)13(18)20-2/h3-4,9H,5-8H2,1-2H3. The largest absolute Gasteiger partial charge is 0.469 e. The van der Waals surface area contributed by atoms with Gasteiger partial charge in [-0.2, -0.15) is 0 Å². The molecule has 8 nitrogen and oxygen atoms in total. The average Bonchev–Trinajstić information content (AvgIpc) is 2.54. The van der Waals surface area contributed by atoms with Crippen molar-refractivity contribution in [1.82, 2.24) is 10.2 Å². The molecule has 1 fully saturated rings. The number of rotatable bonds is 4. The SMILES string of the molecule is COC(=O)CC1CN(c2ccc(C(=O)OC)nn2)CCO1. The lowest BCUT2D eigenvalue weighted by Crippen LogP contribution is -2.44. The summed E-state index contributed by atoms with van der Waals surface area (Å²) in [6.07, 6.45) is -0.0472. The molecule has 0 amide bonds. The molecule has 1 unspecified atom stereocenters. The van der Waals surface area contributed by atoms with Crippen molar-refractivity contribution in [2.24, 2.45) is 0 Å². The molecule has 8 heteroatoms. The molecule has 0 bridgehead atoms. The number of esters is 2. The third-order valence-electron chi connectivity index (χ3n) is 3.13. The van der Waals surface area contributed by atoms with E-state index >= 15 is 0 Å². The van der Waals surface area contributed by atoms with Crippen LogP contribution in [0.25, 0.3) is 0 Å². The van der Waals surface area contributed by atoms with Gasteiger partial charge in [-0.25, -0.2) is 4.79 Å². The van der Waals surface area contributed by atoms with Crippen molar-refractivity contribution in [3.63, 3.8) is 0 Å². The zero-order valence-electron chi connectivity index (χ0n) is 11.9. The lowest BCUT2D eigenvalue weighted by molar-refractivity contribution is -0.144. The fourth-order valence-corrected chi connectivity index (χ4v) is 2.03. The highest BCUT2D eigenvalue weighted by atomic mass is 16.5. The Bertz CT molecular complexity index is 505. The van der Waals surface area contributed by atoms with Gasteiger partial charge < -0.3 is 19.1 Å². The number of methoxy groups -OCH3 is 2. The summed E-state index contributed by atoms with van der Waals surface area (Å²) in [6, 6.07) is 3.25. The smallest absolute Gasteiger partial charge is 0.358 e. The van der Waals surface area contributed by atoms with E-state index in [-0.39, 0.29) is 24.2 Å². The van der Waals surface area contributed by atoms with Gasteiger partial charge in [-0.05, 0) is 12.1 Å². The lowest BCUT2D eigenvalue weighted by atomic mass is 10.2.